The maximum absolute atomic E-state index is 4.53. The molecular formula is C17H14N4. The standard InChI is InChI=1S/C17H14N4/c1-21-11-14(9-20-21)16-10-19-17-15(16)7-13(8-18-17)12-5-3-2-4-6-12/h2-11H,1H3,(H,18,19). The molecule has 4 rings (SSSR count). The average molecular weight is 274 g/mol. The number of aryl methyl sites for hydroxylation is 1. The fourth-order valence-electron chi connectivity index (χ4n) is 2.59. The van der Waals surface area contributed by atoms with Crippen LogP contribution in [0.4, 0.5) is 0 Å². The van der Waals surface area contributed by atoms with Crippen LogP contribution in [0.1, 0.15) is 0 Å². The molecule has 102 valence electrons. The van der Waals surface area contributed by atoms with Crippen LogP contribution >= 0.6 is 0 Å². The third kappa shape index (κ3) is 2.01. The van der Waals surface area contributed by atoms with E-state index in [0.717, 1.165) is 27.7 Å². The number of aromatic nitrogens is 4. The Morgan fingerprint density at radius 1 is 1.00 bits per heavy atom. The van der Waals surface area contributed by atoms with Crippen molar-refractivity contribution in [1.29, 1.82) is 0 Å². The van der Waals surface area contributed by atoms with Crippen LogP contribution in [0.15, 0.2) is 61.2 Å². The number of nitrogens with zero attached hydrogens (tertiary/aromatic N) is 3. The van der Waals surface area contributed by atoms with E-state index in [1.165, 1.54) is 5.56 Å². The van der Waals surface area contributed by atoms with E-state index < -0.39 is 0 Å². The zero-order chi connectivity index (χ0) is 14.2. The smallest absolute Gasteiger partial charge is 0.137 e. The highest BCUT2D eigenvalue weighted by atomic mass is 15.2. The van der Waals surface area contributed by atoms with E-state index in [4.69, 9.17) is 0 Å². The number of aromatic amines is 1. The second-order valence-corrected chi connectivity index (χ2v) is 5.09. The number of fused-ring (bicyclic) bond motifs is 1. The number of nitrogens with one attached hydrogen (secondary N) is 1. The van der Waals surface area contributed by atoms with Gasteiger partial charge in [0.25, 0.3) is 0 Å². The average Bonchev–Trinajstić information content (AvgIpc) is 3.13. The minimum Gasteiger partial charge on any atom is -0.346 e. The Labute approximate surface area is 122 Å². The van der Waals surface area contributed by atoms with Crippen molar-refractivity contribution in [2.24, 2.45) is 7.05 Å². The van der Waals surface area contributed by atoms with Gasteiger partial charge in [0, 0.05) is 47.7 Å². The number of hydrogen-bond donors (Lipinski definition) is 1. The summed E-state index contributed by atoms with van der Waals surface area (Å²) in [6.45, 7) is 0. The van der Waals surface area contributed by atoms with Crippen molar-refractivity contribution in [3.8, 4) is 22.3 Å². The maximum atomic E-state index is 4.53. The zero-order valence-corrected chi connectivity index (χ0v) is 11.6. The fraction of sp³-hybridized carbons (Fsp3) is 0.0588. The highest BCUT2D eigenvalue weighted by Gasteiger charge is 2.10. The quantitative estimate of drug-likeness (QED) is 0.606. The van der Waals surface area contributed by atoms with E-state index in [0.29, 0.717) is 0 Å². The Morgan fingerprint density at radius 3 is 2.62 bits per heavy atom. The van der Waals surface area contributed by atoms with Crippen molar-refractivity contribution < 1.29 is 0 Å². The van der Waals surface area contributed by atoms with Gasteiger partial charge in [-0.15, -0.1) is 0 Å². The molecule has 3 heterocycles. The van der Waals surface area contributed by atoms with Gasteiger partial charge in [0.05, 0.1) is 6.20 Å². The molecule has 4 heteroatoms. The molecule has 0 saturated heterocycles. The summed E-state index contributed by atoms with van der Waals surface area (Å²) >= 11 is 0. The summed E-state index contributed by atoms with van der Waals surface area (Å²) < 4.78 is 1.81. The van der Waals surface area contributed by atoms with Gasteiger partial charge in [-0.05, 0) is 11.6 Å². The first kappa shape index (κ1) is 11.9. The fourth-order valence-corrected chi connectivity index (χ4v) is 2.59. The molecule has 0 spiro atoms. The Hall–Kier alpha value is -2.88. The maximum Gasteiger partial charge on any atom is 0.137 e. The Bertz CT molecular complexity index is 903. The van der Waals surface area contributed by atoms with Crippen LogP contribution < -0.4 is 0 Å². The van der Waals surface area contributed by atoms with E-state index in [1.54, 1.807) is 0 Å². The molecule has 4 aromatic rings. The van der Waals surface area contributed by atoms with E-state index in [2.05, 4.69) is 33.3 Å². The van der Waals surface area contributed by atoms with E-state index >= 15 is 0 Å². The van der Waals surface area contributed by atoms with Crippen molar-refractivity contribution in [3.05, 3.63) is 61.2 Å². The van der Waals surface area contributed by atoms with Gasteiger partial charge >= 0.3 is 0 Å². The van der Waals surface area contributed by atoms with Gasteiger partial charge in [-0.2, -0.15) is 5.10 Å². The van der Waals surface area contributed by atoms with Gasteiger partial charge in [-0.25, -0.2) is 4.98 Å². The van der Waals surface area contributed by atoms with Crippen LogP contribution in [-0.4, -0.2) is 19.7 Å². The van der Waals surface area contributed by atoms with Gasteiger partial charge in [-0.1, -0.05) is 30.3 Å². The Morgan fingerprint density at radius 2 is 1.86 bits per heavy atom. The second kappa shape index (κ2) is 4.59. The lowest BCUT2D eigenvalue weighted by Crippen LogP contribution is -1.84. The lowest BCUT2D eigenvalue weighted by Gasteiger charge is -2.02. The number of H-pyrrole nitrogens is 1. The molecule has 0 aliphatic rings. The summed E-state index contributed by atoms with van der Waals surface area (Å²) in [7, 11) is 1.92. The van der Waals surface area contributed by atoms with Gasteiger partial charge in [-0.3, -0.25) is 4.68 Å². The molecule has 0 bridgehead atoms. The molecule has 0 saturated carbocycles. The normalized spacial score (nSPS) is 11.1. The molecule has 1 aromatic carbocycles. The third-order valence-electron chi connectivity index (χ3n) is 3.65. The summed E-state index contributed by atoms with van der Waals surface area (Å²) in [6.07, 6.45) is 7.78. The van der Waals surface area contributed by atoms with Gasteiger partial charge < -0.3 is 4.98 Å². The van der Waals surface area contributed by atoms with Crippen molar-refractivity contribution in [2.45, 2.75) is 0 Å². The molecule has 0 atom stereocenters. The monoisotopic (exact) mass is 274 g/mol. The van der Waals surface area contributed by atoms with Gasteiger partial charge in [0.2, 0.25) is 0 Å². The number of benzene rings is 1. The van der Waals surface area contributed by atoms with Crippen molar-refractivity contribution in [2.75, 3.05) is 0 Å². The molecule has 3 aromatic heterocycles. The molecule has 0 radical (unpaired) electrons. The molecule has 0 fully saturated rings. The second-order valence-electron chi connectivity index (χ2n) is 5.09. The lowest BCUT2D eigenvalue weighted by atomic mass is 10.0. The summed E-state index contributed by atoms with van der Waals surface area (Å²) in [5, 5.41) is 5.36. The zero-order valence-electron chi connectivity index (χ0n) is 11.6. The van der Waals surface area contributed by atoms with Crippen LogP contribution in [0.25, 0.3) is 33.3 Å². The first-order valence-electron chi connectivity index (χ1n) is 6.83. The molecule has 0 unspecified atom stereocenters. The van der Waals surface area contributed by atoms with Crippen molar-refractivity contribution in [1.82, 2.24) is 19.7 Å². The molecule has 21 heavy (non-hydrogen) atoms. The Balaban J connectivity index is 1.90. The predicted molar refractivity (Wildman–Crippen MR) is 83.7 cm³/mol. The summed E-state index contributed by atoms with van der Waals surface area (Å²) in [5.74, 6) is 0. The number of rotatable bonds is 2. The van der Waals surface area contributed by atoms with Crippen LogP contribution in [0.2, 0.25) is 0 Å². The lowest BCUT2D eigenvalue weighted by molar-refractivity contribution is 0.768. The minimum absolute atomic E-state index is 0.897. The molecule has 4 nitrogen and oxygen atoms in total. The van der Waals surface area contributed by atoms with E-state index in [-0.39, 0.29) is 0 Å². The highest BCUT2D eigenvalue weighted by Crippen LogP contribution is 2.30. The number of hydrogen-bond acceptors (Lipinski definition) is 2. The van der Waals surface area contributed by atoms with Crippen molar-refractivity contribution >= 4 is 11.0 Å². The molecule has 0 aliphatic carbocycles. The van der Waals surface area contributed by atoms with Crippen LogP contribution in [0.3, 0.4) is 0 Å². The highest BCUT2D eigenvalue weighted by molar-refractivity contribution is 5.95. The Kier molecular flexibility index (Phi) is 2.60. The molecule has 1 N–H and O–H groups in total. The van der Waals surface area contributed by atoms with Gasteiger partial charge in [0.1, 0.15) is 5.65 Å². The van der Waals surface area contributed by atoms with Crippen LogP contribution in [0, 0.1) is 0 Å². The molecular weight excluding hydrogens is 260 g/mol. The third-order valence-corrected chi connectivity index (χ3v) is 3.65. The van der Waals surface area contributed by atoms with E-state index in [9.17, 15) is 0 Å². The first-order chi connectivity index (χ1) is 10.3. The predicted octanol–water partition coefficient (Wildman–Crippen LogP) is 3.63. The SMILES string of the molecule is Cn1cc(-c2c[nH]c3ncc(-c4ccccc4)cc23)cn1. The number of pyridine rings is 1. The summed E-state index contributed by atoms with van der Waals surface area (Å²) in [6, 6.07) is 12.5. The van der Waals surface area contributed by atoms with E-state index in [1.807, 2.05) is 54.7 Å². The topological polar surface area (TPSA) is 46.5 Å². The minimum atomic E-state index is 0.897. The van der Waals surface area contributed by atoms with Crippen molar-refractivity contribution in [3.63, 3.8) is 0 Å². The summed E-state index contributed by atoms with van der Waals surface area (Å²) in [4.78, 5) is 7.75. The van der Waals surface area contributed by atoms with Gasteiger partial charge in [0.15, 0.2) is 0 Å². The molecule has 0 amide bonds. The summed E-state index contributed by atoms with van der Waals surface area (Å²) in [5.41, 5.74) is 5.41. The molecule has 0 aliphatic heterocycles. The van der Waals surface area contributed by atoms with Crippen LogP contribution in [0.5, 0.6) is 0 Å². The first-order valence-corrected chi connectivity index (χ1v) is 6.83. The largest absolute Gasteiger partial charge is 0.346 e. The van der Waals surface area contributed by atoms with Crippen LogP contribution in [-0.2, 0) is 7.05 Å².